The fourth-order valence-electron chi connectivity index (χ4n) is 4.38. The summed E-state index contributed by atoms with van der Waals surface area (Å²) in [6, 6.07) is 15.6. The highest BCUT2D eigenvalue weighted by atomic mass is 28.3. The first-order chi connectivity index (χ1) is 17.8. The van der Waals surface area contributed by atoms with Crippen LogP contribution in [-0.4, -0.2) is 71.2 Å². The third kappa shape index (κ3) is 5.92. The number of nitrogens with zero attached hydrogens (tertiary/aromatic N) is 5. The minimum atomic E-state index is -1.69. The molecule has 1 aliphatic rings. The summed E-state index contributed by atoms with van der Waals surface area (Å²) < 4.78 is 9.40. The third-order valence-corrected chi connectivity index (χ3v) is 8.42. The Hall–Kier alpha value is -3.47. The molecule has 2 aromatic heterocycles. The Kier molecular flexibility index (Phi) is 7.14. The monoisotopic (exact) mass is 517 g/mol. The van der Waals surface area contributed by atoms with Gasteiger partial charge in [-0.2, -0.15) is 5.10 Å². The van der Waals surface area contributed by atoms with E-state index in [2.05, 4.69) is 51.6 Å². The molecular formula is C27H35N7O2Si. The maximum absolute atomic E-state index is 13.1. The highest BCUT2D eigenvalue weighted by molar-refractivity contribution is 6.88. The van der Waals surface area contributed by atoms with E-state index in [4.69, 9.17) is 9.84 Å². The van der Waals surface area contributed by atoms with Crippen molar-refractivity contribution in [3.63, 3.8) is 0 Å². The number of morpholine rings is 1. The summed E-state index contributed by atoms with van der Waals surface area (Å²) in [5.41, 5.74) is 4.70. The number of hydrogen-bond donors (Lipinski definition) is 2. The zero-order valence-corrected chi connectivity index (χ0v) is 23.0. The van der Waals surface area contributed by atoms with Gasteiger partial charge in [0, 0.05) is 37.2 Å². The number of hydrogen-bond acceptors (Lipinski definition) is 5. The molecule has 2 aromatic carbocycles. The molecule has 3 heterocycles. The number of carbonyl (C=O) groups excluding carboxylic acids is 1. The summed E-state index contributed by atoms with van der Waals surface area (Å²) in [6.45, 7) is 14.1. The third-order valence-electron chi connectivity index (χ3n) is 6.64. The minimum absolute atomic E-state index is 0.311. The first-order valence-electron chi connectivity index (χ1n) is 12.8. The van der Waals surface area contributed by atoms with Gasteiger partial charge in [0.05, 0.1) is 36.3 Å². The fraction of sp³-hybridized carbons (Fsp3) is 0.370. The molecule has 0 atom stereocenters. The van der Waals surface area contributed by atoms with Crippen molar-refractivity contribution in [2.75, 3.05) is 43.5 Å². The van der Waals surface area contributed by atoms with Crippen LogP contribution in [-0.2, 0) is 11.3 Å². The van der Waals surface area contributed by atoms with Gasteiger partial charge in [-0.15, -0.1) is 0 Å². The Morgan fingerprint density at radius 1 is 1.00 bits per heavy atom. The SMILES string of the molecule is Cc1ccc(-n2nc([Si](C)(C)C)cc2NC(=O)Nc2ccc3ncn(CCN4CCOCC4)c3c2)cc1. The van der Waals surface area contributed by atoms with Crippen molar-refractivity contribution in [1.82, 2.24) is 24.2 Å². The standard InChI is InChI=1S/C27H35N7O2Si/c1-20-5-8-22(9-6-20)34-25(18-26(31-34)37(2,3)4)30-27(35)29-21-7-10-23-24(17-21)33(19-28-23)12-11-32-13-15-36-16-14-32/h5-10,17-19H,11-16H2,1-4H3,(H2,29,30,35). The van der Waals surface area contributed by atoms with Gasteiger partial charge in [-0.3, -0.25) is 10.2 Å². The molecule has 0 bridgehead atoms. The number of nitrogens with one attached hydrogen (secondary N) is 2. The quantitative estimate of drug-likeness (QED) is 0.361. The molecule has 9 nitrogen and oxygen atoms in total. The van der Waals surface area contributed by atoms with E-state index in [1.54, 1.807) is 0 Å². The van der Waals surface area contributed by atoms with Gasteiger partial charge in [-0.25, -0.2) is 14.5 Å². The molecule has 0 radical (unpaired) electrons. The van der Waals surface area contributed by atoms with Crippen molar-refractivity contribution in [2.45, 2.75) is 33.1 Å². The van der Waals surface area contributed by atoms with E-state index in [0.717, 1.165) is 61.4 Å². The van der Waals surface area contributed by atoms with Gasteiger partial charge in [0.1, 0.15) is 13.9 Å². The number of fused-ring (bicyclic) bond motifs is 1. The topological polar surface area (TPSA) is 89.2 Å². The molecule has 4 aromatic rings. The van der Waals surface area contributed by atoms with Crippen LogP contribution in [0.1, 0.15) is 5.56 Å². The second-order valence-corrected chi connectivity index (χ2v) is 15.6. The maximum Gasteiger partial charge on any atom is 0.324 e. The number of ether oxygens (including phenoxy) is 1. The Bertz CT molecular complexity index is 1380. The van der Waals surface area contributed by atoms with Crippen LogP contribution in [0.15, 0.2) is 54.9 Å². The lowest BCUT2D eigenvalue weighted by Gasteiger charge is -2.26. The average Bonchev–Trinajstić information content (AvgIpc) is 3.48. The number of rotatable bonds is 7. The first-order valence-corrected chi connectivity index (χ1v) is 16.3. The normalized spacial score (nSPS) is 14.7. The molecule has 10 heteroatoms. The van der Waals surface area contributed by atoms with Crippen LogP contribution in [0, 0.1) is 6.92 Å². The predicted molar refractivity (Wildman–Crippen MR) is 151 cm³/mol. The lowest BCUT2D eigenvalue weighted by molar-refractivity contribution is 0.0365. The Morgan fingerprint density at radius 2 is 1.76 bits per heavy atom. The molecule has 1 saturated heterocycles. The zero-order chi connectivity index (χ0) is 26.0. The lowest BCUT2D eigenvalue weighted by atomic mass is 10.2. The van der Waals surface area contributed by atoms with Gasteiger partial charge in [0.2, 0.25) is 0 Å². The molecule has 0 spiro atoms. The van der Waals surface area contributed by atoms with Crippen molar-refractivity contribution in [2.24, 2.45) is 0 Å². The molecule has 0 saturated carbocycles. The number of anilines is 2. The molecule has 2 N–H and O–H groups in total. The summed E-state index contributed by atoms with van der Waals surface area (Å²) in [4.78, 5) is 20.0. The van der Waals surface area contributed by atoms with E-state index in [1.807, 2.05) is 59.5 Å². The van der Waals surface area contributed by atoms with Gasteiger partial charge in [0.25, 0.3) is 0 Å². The fourth-order valence-corrected chi connectivity index (χ4v) is 5.35. The summed E-state index contributed by atoms with van der Waals surface area (Å²) in [5, 5.41) is 11.9. The molecule has 1 aliphatic heterocycles. The van der Waals surface area contributed by atoms with Crippen LogP contribution < -0.4 is 16.0 Å². The number of carbonyl (C=O) groups is 1. The van der Waals surface area contributed by atoms with Crippen LogP contribution in [0.25, 0.3) is 16.7 Å². The number of aryl methyl sites for hydroxylation is 1. The van der Waals surface area contributed by atoms with Crippen LogP contribution in [0.3, 0.4) is 0 Å². The van der Waals surface area contributed by atoms with Crippen molar-refractivity contribution in [3.8, 4) is 5.69 Å². The number of aromatic nitrogens is 4. The molecule has 0 unspecified atom stereocenters. The highest BCUT2D eigenvalue weighted by Crippen LogP contribution is 2.20. The minimum Gasteiger partial charge on any atom is -0.379 e. The number of benzene rings is 2. The lowest BCUT2D eigenvalue weighted by Crippen LogP contribution is -2.39. The summed E-state index contributed by atoms with van der Waals surface area (Å²) >= 11 is 0. The maximum atomic E-state index is 13.1. The smallest absolute Gasteiger partial charge is 0.324 e. The molecule has 1 fully saturated rings. The highest BCUT2D eigenvalue weighted by Gasteiger charge is 2.23. The van der Waals surface area contributed by atoms with Crippen LogP contribution >= 0.6 is 0 Å². The molecule has 5 rings (SSSR count). The Labute approximate surface area is 218 Å². The molecule has 194 valence electrons. The Balaban J connectivity index is 1.32. The van der Waals surface area contributed by atoms with Gasteiger partial charge < -0.3 is 14.6 Å². The molecular weight excluding hydrogens is 482 g/mol. The average molecular weight is 518 g/mol. The number of amides is 2. The summed E-state index contributed by atoms with van der Waals surface area (Å²) in [6.07, 6.45) is 1.87. The summed E-state index contributed by atoms with van der Waals surface area (Å²) in [5.74, 6) is 0.649. The van der Waals surface area contributed by atoms with Gasteiger partial charge in [-0.1, -0.05) is 37.3 Å². The van der Waals surface area contributed by atoms with E-state index >= 15 is 0 Å². The van der Waals surface area contributed by atoms with Gasteiger partial charge >= 0.3 is 6.03 Å². The second kappa shape index (κ2) is 10.5. The van der Waals surface area contributed by atoms with E-state index < -0.39 is 8.07 Å². The van der Waals surface area contributed by atoms with Crippen molar-refractivity contribution >= 4 is 42.0 Å². The van der Waals surface area contributed by atoms with Crippen molar-refractivity contribution in [1.29, 1.82) is 0 Å². The largest absolute Gasteiger partial charge is 0.379 e. The Morgan fingerprint density at radius 3 is 2.49 bits per heavy atom. The molecule has 0 aliphatic carbocycles. The van der Waals surface area contributed by atoms with E-state index in [1.165, 1.54) is 5.56 Å². The first kappa shape index (κ1) is 25.2. The van der Waals surface area contributed by atoms with E-state index in [9.17, 15) is 4.79 Å². The van der Waals surface area contributed by atoms with E-state index in [0.29, 0.717) is 11.5 Å². The van der Waals surface area contributed by atoms with Gasteiger partial charge in [0.15, 0.2) is 0 Å². The number of imidazole rings is 1. The van der Waals surface area contributed by atoms with Crippen LogP contribution in [0.5, 0.6) is 0 Å². The number of urea groups is 1. The molecule has 2 amide bonds. The van der Waals surface area contributed by atoms with Crippen LogP contribution in [0.2, 0.25) is 19.6 Å². The second-order valence-electron chi connectivity index (χ2n) is 10.6. The molecule has 37 heavy (non-hydrogen) atoms. The summed E-state index contributed by atoms with van der Waals surface area (Å²) in [7, 11) is -1.69. The van der Waals surface area contributed by atoms with Crippen LogP contribution in [0.4, 0.5) is 16.3 Å². The van der Waals surface area contributed by atoms with Crippen molar-refractivity contribution < 1.29 is 9.53 Å². The zero-order valence-electron chi connectivity index (χ0n) is 22.0. The predicted octanol–water partition coefficient (Wildman–Crippen LogP) is 4.05. The van der Waals surface area contributed by atoms with E-state index in [-0.39, 0.29) is 6.03 Å². The van der Waals surface area contributed by atoms with Crippen molar-refractivity contribution in [3.05, 3.63) is 60.4 Å². The van der Waals surface area contributed by atoms with Gasteiger partial charge in [-0.05, 0) is 43.3 Å².